The summed E-state index contributed by atoms with van der Waals surface area (Å²) in [7, 11) is 0. The van der Waals surface area contributed by atoms with Crippen LogP contribution in [-0.2, 0) is 17.8 Å². The smallest absolute Gasteiger partial charge is 0.282 e. The third-order valence-electron chi connectivity index (χ3n) is 4.53. The molecular weight excluding hydrogens is 356 g/mol. The molecule has 1 aromatic heterocycles. The van der Waals surface area contributed by atoms with Crippen molar-refractivity contribution in [3.05, 3.63) is 50.5 Å². The minimum absolute atomic E-state index is 0.00365. The summed E-state index contributed by atoms with van der Waals surface area (Å²) in [4.78, 5) is 42.2. The van der Waals surface area contributed by atoms with E-state index in [0.717, 1.165) is 23.4 Å². The molecule has 2 heterocycles. The first-order valence-corrected chi connectivity index (χ1v) is 9.16. The predicted octanol–water partition coefficient (Wildman–Crippen LogP) is 2.60. The first-order valence-electron chi connectivity index (χ1n) is 8.35. The Hall–Kier alpha value is -2.81. The molecule has 134 valence electrons. The number of benzene rings is 1. The second-order valence-electron chi connectivity index (χ2n) is 6.40. The van der Waals surface area contributed by atoms with Gasteiger partial charge in [0, 0.05) is 29.8 Å². The monoisotopic (exact) mass is 372 g/mol. The molecular formula is C17H16N4O4S. The summed E-state index contributed by atoms with van der Waals surface area (Å²) in [5.74, 6) is -0.253. The molecule has 0 saturated heterocycles. The first kappa shape index (κ1) is 16.6. The van der Waals surface area contributed by atoms with Gasteiger partial charge >= 0.3 is 0 Å². The SMILES string of the molecule is O=C(Nc1nc2c(s1)CN(C(=O)c1ccccc1[N+](=O)[O-])CC2)C1CC1. The third kappa shape index (κ3) is 3.17. The van der Waals surface area contributed by atoms with Gasteiger partial charge < -0.3 is 10.2 Å². The predicted molar refractivity (Wildman–Crippen MR) is 95.0 cm³/mol. The van der Waals surface area contributed by atoms with Gasteiger partial charge in [0.15, 0.2) is 5.13 Å². The Labute approximate surface area is 153 Å². The summed E-state index contributed by atoms with van der Waals surface area (Å²) in [6, 6.07) is 5.97. The van der Waals surface area contributed by atoms with Crippen molar-refractivity contribution < 1.29 is 14.5 Å². The van der Waals surface area contributed by atoms with E-state index < -0.39 is 4.92 Å². The van der Waals surface area contributed by atoms with Crippen molar-refractivity contribution in [1.82, 2.24) is 9.88 Å². The largest absolute Gasteiger partial charge is 0.333 e. The van der Waals surface area contributed by atoms with E-state index >= 15 is 0 Å². The number of carbonyl (C=O) groups excluding carboxylic acids is 2. The van der Waals surface area contributed by atoms with Gasteiger partial charge in [-0.05, 0) is 18.9 Å². The van der Waals surface area contributed by atoms with Crippen LogP contribution in [0.3, 0.4) is 0 Å². The molecule has 0 unspecified atom stereocenters. The molecule has 1 aliphatic heterocycles. The van der Waals surface area contributed by atoms with E-state index in [9.17, 15) is 19.7 Å². The molecule has 9 heteroatoms. The highest BCUT2D eigenvalue weighted by Gasteiger charge is 2.32. The molecule has 8 nitrogen and oxygen atoms in total. The Morgan fingerprint density at radius 3 is 2.81 bits per heavy atom. The van der Waals surface area contributed by atoms with Crippen LogP contribution in [0.5, 0.6) is 0 Å². The van der Waals surface area contributed by atoms with Gasteiger partial charge in [0.05, 0.1) is 17.2 Å². The Balaban J connectivity index is 1.51. The number of aromatic nitrogens is 1. The topological polar surface area (TPSA) is 105 Å². The molecule has 1 aliphatic carbocycles. The van der Waals surface area contributed by atoms with E-state index in [1.54, 1.807) is 17.0 Å². The van der Waals surface area contributed by atoms with E-state index in [0.29, 0.717) is 24.6 Å². The zero-order valence-corrected chi connectivity index (χ0v) is 14.6. The molecule has 2 aliphatic rings. The number of hydrogen-bond acceptors (Lipinski definition) is 6. The molecule has 1 N–H and O–H groups in total. The summed E-state index contributed by atoms with van der Waals surface area (Å²) >= 11 is 1.36. The highest BCUT2D eigenvalue weighted by atomic mass is 32.1. The van der Waals surface area contributed by atoms with Crippen LogP contribution in [0.15, 0.2) is 24.3 Å². The molecule has 26 heavy (non-hydrogen) atoms. The number of nitrogens with zero attached hydrogens (tertiary/aromatic N) is 3. The lowest BCUT2D eigenvalue weighted by atomic mass is 10.1. The molecule has 2 aromatic rings. The molecule has 1 aromatic carbocycles. The fraction of sp³-hybridized carbons (Fsp3) is 0.353. The fourth-order valence-corrected chi connectivity index (χ4v) is 3.99. The second-order valence-corrected chi connectivity index (χ2v) is 7.49. The van der Waals surface area contributed by atoms with Crippen LogP contribution in [0.1, 0.15) is 33.8 Å². The van der Waals surface area contributed by atoms with Crippen molar-refractivity contribution in [3.8, 4) is 0 Å². The fourth-order valence-electron chi connectivity index (χ4n) is 2.96. The molecule has 4 rings (SSSR count). The van der Waals surface area contributed by atoms with Gasteiger partial charge in [-0.25, -0.2) is 4.98 Å². The lowest BCUT2D eigenvalue weighted by Gasteiger charge is -2.26. The minimum Gasteiger partial charge on any atom is -0.333 e. The standard InChI is InChI=1S/C17H16N4O4S/c22-15(10-5-6-10)19-17-18-12-7-8-20(9-14(12)26-17)16(23)11-3-1-2-4-13(11)21(24)25/h1-4,10H,5-9H2,(H,18,19,22). The maximum Gasteiger partial charge on any atom is 0.282 e. The average molecular weight is 372 g/mol. The number of anilines is 1. The molecule has 0 radical (unpaired) electrons. The van der Waals surface area contributed by atoms with Crippen LogP contribution in [-0.4, -0.2) is 33.2 Å². The Bertz CT molecular complexity index is 906. The molecule has 0 atom stereocenters. The number of thiazole rings is 1. The van der Waals surface area contributed by atoms with E-state index in [-0.39, 0.29) is 29.0 Å². The van der Waals surface area contributed by atoms with Crippen molar-refractivity contribution in [2.45, 2.75) is 25.8 Å². The first-order chi connectivity index (χ1) is 12.5. The molecule has 0 spiro atoms. The highest BCUT2D eigenvalue weighted by Crippen LogP contribution is 2.33. The lowest BCUT2D eigenvalue weighted by molar-refractivity contribution is -0.385. The summed E-state index contributed by atoms with van der Waals surface area (Å²) in [6.45, 7) is 0.787. The van der Waals surface area contributed by atoms with Crippen LogP contribution < -0.4 is 5.32 Å². The zero-order chi connectivity index (χ0) is 18.3. The summed E-state index contributed by atoms with van der Waals surface area (Å²) in [5.41, 5.74) is 0.783. The van der Waals surface area contributed by atoms with Crippen LogP contribution >= 0.6 is 11.3 Å². The van der Waals surface area contributed by atoms with Crippen LogP contribution in [0.4, 0.5) is 10.8 Å². The van der Waals surface area contributed by atoms with E-state index in [1.807, 2.05) is 0 Å². The van der Waals surface area contributed by atoms with Crippen molar-refractivity contribution in [3.63, 3.8) is 0 Å². The highest BCUT2D eigenvalue weighted by molar-refractivity contribution is 7.15. The summed E-state index contributed by atoms with van der Waals surface area (Å²) in [6.07, 6.45) is 2.42. The number of para-hydroxylation sites is 1. The zero-order valence-electron chi connectivity index (χ0n) is 13.8. The maximum atomic E-state index is 12.8. The van der Waals surface area contributed by atoms with Gasteiger partial charge in [0.2, 0.25) is 5.91 Å². The van der Waals surface area contributed by atoms with Crippen molar-refractivity contribution in [2.75, 3.05) is 11.9 Å². The third-order valence-corrected chi connectivity index (χ3v) is 5.53. The van der Waals surface area contributed by atoms with Crippen molar-refractivity contribution in [1.29, 1.82) is 0 Å². The normalized spacial score (nSPS) is 16.1. The summed E-state index contributed by atoms with van der Waals surface area (Å²) < 4.78 is 0. The van der Waals surface area contributed by atoms with Gasteiger partial charge in [0.25, 0.3) is 11.6 Å². The number of hydrogen-bond donors (Lipinski definition) is 1. The Kier molecular flexibility index (Phi) is 4.15. The lowest BCUT2D eigenvalue weighted by Crippen LogP contribution is -2.35. The minimum atomic E-state index is -0.541. The van der Waals surface area contributed by atoms with Gasteiger partial charge in [-0.15, -0.1) is 0 Å². The Morgan fingerprint density at radius 2 is 2.08 bits per heavy atom. The van der Waals surface area contributed by atoms with E-state index in [2.05, 4.69) is 10.3 Å². The van der Waals surface area contributed by atoms with Gasteiger partial charge in [0.1, 0.15) is 5.56 Å². The number of nitrogens with one attached hydrogen (secondary N) is 1. The summed E-state index contributed by atoms with van der Waals surface area (Å²) in [5, 5.41) is 14.6. The van der Waals surface area contributed by atoms with Crippen LogP contribution in [0.2, 0.25) is 0 Å². The van der Waals surface area contributed by atoms with Crippen LogP contribution in [0.25, 0.3) is 0 Å². The number of carbonyl (C=O) groups is 2. The molecule has 2 amide bonds. The second kappa shape index (κ2) is 6.49. The van der Waals surface area contributed by atoms with Crippen LogP contribution in [0, 0.1) is 16.0 Å². The van der Waals surface area contributed by atoms with E-state index in [4.69, 9.17) is 0 Å². The average Bonchev–Trinajstić information content (AvgIpc) is 3.41. The maximum absolute atomic E-state index is 12.8. The molecule has 0 bridgehead atoms. The molecule has 1 saturated carbocycles. The number of nitro groups is 1. The number of fused-ring (bicyclic) bond motifs is 1. The number of rotatable bonds is 4. The van der Waals surface area contributed by atoms with Crippen molar-refractivity contribution in [2.24, 2.45) is 5.92 Å². The van der Waals surface area contributed by atoms with Crippen molar-refractivity contribution >= 4 is 34.0 Å². The van der Waals surface area contributed by atoms with Gasteiger partial charge in [-0.1, -0.05) is 23.5 Å². The molecule has 1 fully saturated rings. The number of amides is 2. The quantitative estimate of drug-likeness (QED) is 0.656. The number of nitro benzene ring substituents is 1. The van der Waals surface area contributed by atoms with Gasteiger partial charge in [-0.3, -0.25) is 19.7 Å². The Morgan fingerprint density at radius 1 is 1.31 bits per heavy atom. The van der Waals surface area contributed by atoms with Gasteiger partial charge in [-0.2, -0.15) is 0 Å². The van der Waals surface area contributed by atoms with E-state index in [1.165, 1.54) is 23.5 Å².